The minimum absolute atomic E-state index is 0.348. The van der Waals surface area contributed by atoms with Gasteiger partial charge in [0.25, 0.3) is 0 Å². The largest absolute Gasteiger partial charge is 0.386 e. The van der Waals surface area contributed by atoms with E-state index in [4.69, 9.17) is 10.00 Å². The van der Waals surface area contributed by atoms with E-state index in [0.29, 0.717) is 6.61 Å². The van der Waals surface area contributed by atoms with Crippen LogP contribution in [-0.2, 0) is 4.74 Å². The summed E-state index contributed by atoms with van der Waals surface area (Å²) in [5.41, 5.74) is -1.36. The Balaban J connectivity index is 2.16. The van der Waals surface area contributed by atoms with Gasteiger partial charge in [-0.05, 0) is 25.7 Å². The van der Waals surface area contributed by atoms with Crippen LogP contribution in [-0.4, -0.2) is 23.9 Å². The molecule has 0 radical (unpaired) electrons. The van der Waals surface area contributed by atoms with Crippen LogP contribution in [0.3, 0.4) is 0 Å². The lowest BCUT2D eigenvalue weighted by Crippen LogP contribution is -2.56. The zero-order valence-electron chi connectivity index (χ0n) is 7.75. The van der Waals surface area contributed by atoms with E-state index >= 15 is 0 Å². The molecule has 1 N–H and O–H groups in total. The summed E-state index contributed by atoms with van der Waals surface area (Å²) < 4.78 is 5.27. The summed E-state index contributed by atoms with van der Waals surface area (Å²) in [5.74, 6) is 0. The Labute approximate surface area is 78.3 Å². The Morgan fingerprint density at radius 3 is 2.38 bits per heavy atom. The zero-order chi connectivity index (χ0) is 9.36. The van der Waals surface area contributed by atoms with Crippen LogP contribution in [0.15, 0.2) is 0 Å². The van der Waals surface area contributed by atoms with Gasteiger partial charge in [0.05, 0.1) is 18.1 Å². The van der Waals surface area contributed by atoms with Gasteiger partial charge in [-0.2, -0.15) is 5.26 Å². The van der Waals surface area contributed by atoms with Crippen LogP contribution < -0.4 is 0 Å². The molecular weight excluding hydrogens is 166 g/mol. The fourth-order valence-corrected chi connectivity index (χ4v) is 2.37. The Hall–Kier alpha value is -0.590. The van der Waals surface area contributed by atoms with Gasteiger partial charge < -0.3 is 9.84 Å². The van der Waals surface area contributed by atoms with Crippen molar-refractivity contribution in [2.75, 3.05) is 13.2 Å². The second kappa shape index (κ2) is 2.97. The van der Waals surface area contributed by atoms with Gasteiger partial charge in [0.15, 0.2) is 0 Å². The molecule has 1 saturated carbocycles. The molecule has 1 aliphatic heterocycles. The third-order valence-corrected chi connectivity index (χ3v) is 3.53. The Bertz CT molecular complexity index is 234. The zero-order valence-corrected chi connectivity index (χ0v) is 7.75. The van der Waals surface area contributed by atoms with E-state index in [1.54, 1.807) is 0 Å². The summed E-state index contributed by atoms with van der Waals surface area (Å²) in [7, 11) is 0. The first-order valence-electron chi connectivity index (χ1n) is 4.94. The predicted molar refractivity (Wildman–Crippen MR) is 46.9 cm³/mol. The van der Waals surface area contributed by atoms with E-state index in [9.17, 15) is 5.11 Å². The average Bonchev–Trinajstić information content (AvgIpc) is 2.04. The van der Waals surface area contributed by atoms with Gasteiger partial charge in [-0.1, -0.05) is 6.42 Å². The van der Waals surface area contributed by atoms with Crippen LogP contribution in [0.25, 0.3) is 0 Å². The van der Waals surface area contributed by atoms with Crippen molar-refractivity contribution < 1.29 is 9.84 Å². The third-order valence-electron chi connectivity index (χ3n) is 3.53. The molecule has 0 spiro atoms. The molecule has 1 aliphatic carbocycles. The summed E-state index contributed by atoms with van der Waals surface area (Å²) in [6.45, 7) is 1.07. The lowest BCUT2D eigenvalue weighted by atomic mass is 9.58. The molecule has 0 aromatic heterocycles. The summed E-state index contributed by atoms with van der Waals surface area (Å²) in [4.78, 5) is 0. The molecule has 1 unspecified atom stereocenters. The molecule has 0 aromatic carbocycles. The molecule has 1 saturated heterocycles. The van der Waals surface area contributed by atoms with E-state index in [0.717, 1.165) is 38.7 Å². The highest BCUT2D eigenvalue weighted by Crippen LogP contribution is 2.51. The molecule has 72 valence electrons. The Kier molecular flexibility index (Phi) is 2.05. The van der Waals surface area contributed by atoms with Gasteiger partial charge in [0.1, 0.15) is 5.60 Å². The van der Waals surface area contributed by atoms with Crippen LogP contribution in [0.2, 0.25) is 0 Å². The minimum Gasteiger partial charge on any atom is -0.386 e. The molecule has 0 aromatic rings. The molecule has 2 rings (SSSR count). The summed E-state index contributed by atoms with van der Waals surface area (Å²) in [5, 5.41) is 19.4. The summed E-state index contributed by atoms with van der Waals surface area (Å²) in [6.07, 6.45) is 4.34. The van der Waals surface area contributed by atoms with E-state index < -0.39 is 11.0 Å². The first kappa shape index (κ1) is 8.98. The van der Waals surface area contributed by atoms with Crippen molar-refractivity contribution in [2.45, 2.75) is 37.7 Å². The number of ether oxygens (including phenoxy) is 1. The highest BCUT2D eigenvalue weighted by molar-refractivity contribution is 5.16. The Morgan fingerprint density at radius 2 is 2.00 bits per heavy atom. The summed E-state index contributed by atoms with van der Waals surface area (Å²) >= 11 is 0. The van der Waals surface area contributed by atoms with Crippen molar-refractivity contribution in [1.82, 2.24) is 0 Å². The smallest absolute Gasteiger partial charge is 0.107 e. The van der Waals surface area contributed by atoms with Gasteiger partial charge >= 0.3 is 0 Å². The van der Waals surface area contributed by atoms with Crippen molar-refractivity contribution in [1.29, 1.82) is 5.26 Å². The number of nitriles is 1. The fraction of sp³-hybridized carbons (Fsp3) is 0.900. The van der Waals surface area contributed by atoms with Crippen molar-refractivity contribution in [2.24, 2.45) is 5.41 Å². The van der Waals surface area contributed by atoms with Crippen LogP contribution in [0.5, 0.6) is 0 Å². The molecule has 13 heavy (non-hydrogen) atoms. The number of hydrogen-bond acceptors (Lipinski definition) is 3. The molecular formula is C10H15NO2. The van der Waals surface area contributed by atoms with Crippen molar-refractivity contribution in [3.63, 3.8) is 0 Å². The van der Waals surface area contributed by atoms with E-state index in [-0.39, 0.29) is 0 Å². The minimum atomic E-state index is -0.863. The summed E-state index contributed by atoms with van der Waals surface area (Å²) in [6, 6.07) is 2.30. The second-order valence-electron chi connectivity index (χ2n) is 4.24. The number of nitrogens with zero attached hydrogens (tertiary/aromatic N) is 1. The third kappa shape index (κ3) is 1.17. The highest BCUT2D eigenvalue weighted by atomic mass is 16.5. The highest BCUT2D eigenvalue weighted by Gasteiger charge is 2.55. The van der Waals surface area contributed by atoms with E-state index in [1.807, 2.05) is 0 Å². The van der Waals surface area contributed by atoms with Gasteiger partial charge in [0.2, 0.25) is 0 Å². The molecule has 1 atom stereocenters. The maximum atomic E-state index is 10.3. The van der Waals surface area contributed by atoms with Crippen molar-refractivity contribution in [3.05, 3.63) is 0 Å². The van der Waals surface area contributed by atoms with Gasteiger partial charge in [-0.3, -0.25) is 0 Å². The average molecular weight is 181 g/mol. The maximum absolute atomic E-state index is 10.3. The van der Waals surface area contributed by atoms with Crippen molar-refractivity contribution >= 4 is 0 Å². The van der Waals surface area contributed by atoms with E-state index in [2.05, 4.69) is 6.07 Å². The van der Waals surface area contributed by atoms with Crippen LogP contribution in [0, 0.1) is 16.7 Å². The topological polar surface area (TPSA) is 53.2 Å². The molecule has 3 heteroatoms. The van der Waals surface area contributed by atoms with Crippen LogP contribution >= 0.6 is 0 Å². The second-order valence-corrected chi connectivity index (χ2v) is 4.24. The number of aliphatic hydroxyl groups is 1. The van der Waals surface area contributed by atoms with Crippen LogP contribution in [0.4, 0.5) is 0 Å². The monoisotopic (exact) mass is 181 g/mol. The maximum Gasteiger partial charge on any atom is 0.107 e. The number of hydrogen-bond donors (Lipinski definition) is 1. The molecule has 0 amide bonds. The normalized spacial score (nSPS) is 37.5. The number of rotatable bonds is 1. The van der Waals surface area contributed by atoms with Crippen LogP contribution in [0.1, 0.15) is 32.1 Å². The lowest BCUT2D eigenvalue weighted by Gasteiger charge is -2.49. The molecule has 3 nitrogen and oxygen atoms in total. The van der Waals surface area contributed by atoms with Gasteiger partial charge in [0, 0.05) is 6.61 Å². The molecule has 0 bridgehead atoms. The van der Waals surface area contributed by atoms with Gasteiger partial charge in [-0.15, -0.1) is 0 Å². The first-order valence-corrected chi connectivity index (χ1v) is 4.94. The quantitative estimate of drug-likeness (QED) is 0.661. The standard InChI is InChI=1S/C10H15NO2/c11-7-9(3-1-4-9)10(12)5-2-6-13-8-10/h12H,1-6,8H2. The molecule has 1 heterocycles. The Morgan fingerprint density at radius 1 is 1.23 bits per heavy atom. The predicted octanol–water partition coefficient (Wildman–Crippen LogP) is 1.22. The van der Waals surface area contributed by atoms with Crippen molar-refractivity contribution in [3.8, 4) is 6.07 Å². The fourth-order valence-electron chi connectivity index (χ4n) is 2.37. The first-order chi connectivity index (χ1) is 6.22. The molecule has 2 fully saturated rings. The van der Waals surface area contributed by atoms with E-state index in [1.165, 1.54) is 0 Å². The lowest BCUT2D eigenvalue weighted by molar-refractivity contribution is -0.165. The molecule has 2 aliphatic rings. The van der Waals surface area contributed by atoms with Gasteiger partial charge in [-0.25, -0.2) is 0 Å². The SMILES string of the molecule is N#CC1(C2(O)CCCOC2)CCC1.